The predicted octanol–water partition coefficient (Wildman–Crippen LogP) is 1.31. The highest BCUT2D eigenvalue weighted by atomic mass is 15.1. The number of hydrogen-bond donors (Lipinski definition) is 1. The van der Waals surface area contributed by atoms with Crippen LogP contribution in [0.3, 0.4) is 0 Å². The zero-order valence-corrected chi connectivity index (χ0v) is 9.30. The normalized spacial score (nSPS) is 14.2. The summed E-state index contributed by atoms with van der Waals surface area (Å²) < 4.78 is 0. The third kappa shape index (κ3) is 4.31. The lowest BCUT2D eigenvalue weighted by Crippen LogP contribution is -2.42. The van der Waals surface area contributed by atoms with Crippen molar-refractivity contribution in [2.45, 2.75) is 33.7 Å². The Labute approximate surface area is 82.5 Å². The Hall–Kier alpha value is -0.520. The maximum Gasteiger partial charge on any atom is 0.0683 e. The molecule has 0 saturated heterocycles. The number of nitrogens with two attached hydrogens (primary N) is 1. The summed E-state index contributed by atoms with van der Waals surface area (Å²) in [6.45, 7) is 11.1. The molecule has 0 spiro atoms. The van der Waals surface area contributed by atoms with E-state index in [1.807, 2.05) is 0 Å². The van der Waals surface area contributed by atoms with Gasteiger partial charge in [0.25, 0.3) is 0 Å². The van der Waals surface area contributed by atoms with E-state index in [-0.39, 0.29) is 11.5 Å². The Morgan fingerprint density at radius 1 is 1.54 bits per heavy atom. The van der Waals surface area contributed by atoms with Crippen LogP contribution in [-0.4, -0.2) is 30.6 Å². The van der Waals surface area contributed by atoms with E-state index in [1.54, 1.807) is 0 Å². The Balaban J connectivity index is 4.22. The maximum absolute atomic E-state index is 5.67. The second kappa shape index (κ2) is 5.26. The van der Waals surface area contributed by atoms with Crippen LogP contribution in [0.5, 0.6) is 0 Å². The van der Waals surface area contributed by atoms with Gasteiger partial charge in [-0.05, 0) is 25.4 Å². The summed E-state index contributed by atoms with van der Waals surface area (Å²) in [6.07, 6.45) is 5.39. The number of rotatable bonds is 5. The van der Waals surface area contributed by atoms with Gasteiger partial charge in [0.1, 0.15) is 0 Å². The van der Waals surface area contributed by atoms with Gasteiger partial charge < -0.3 is 5.73 Å². The summed E-state index contributed by atoms with van der Waals surface area (Å²) in [4.78, 5) is 2.27. The molecule has 0 aromatic rings. The fraction of sp³-hybridized carbons (Fsp3) is 0.818. The van der Waals surface area contributed by atoms with Gasteiger partial charge in [-0.15, -0.1) is 6.42 Å². The highest BCUT2D eigenvalue weighted by Gasteiger charge is 2.21. The van der Waals surface area contributed by atoms with E-state index >= 15 is 0 Å². The molecule has 2 heteroatoms. The molecule has 2 nitrogen and oxygen atoms in total. The van der Waals surface area contributed by atoms with Crippen molar-refractivity contribution >= 4 is 0 Å². The molecule has 0 radical (unpaired) electrons. The molecule has 0 saturated carbocycles. The first-order chi connectivity index (χ1) is 5.96. The van der Waals surface area contributed by atoms with Crippen molar-refractivity contribution in [1.29, 1.82) is 0 Å². The Kier molecular flexibility index (Phi) is 5.05. The molecule has 0 rings (SSSR count). The van der Waals surface area contributed by atoms with Gasteiger partial charge in [-0.3, -0.25) is 4.90 Å². The highest BCUT2D eigenvalue weighted by molar-refractivity contribution is 4.97. The highest BCUT2D eigenvalue weighted by Crippen LogP contribution is 2.16. The van der Waals surface area contributed by atoms with Crippen molar-refractivity contribution in [3.8, 4) is 12.3 Å². The van der Waals surface area contributed by atoms with Crippen molar-refractivity contribution in [1.82, 2.24) is 4.90 Å². The summed E-state index contributed by atoms with van der Waals surface area (Å²) in [5.41, 5.74) is 5.83. The molecule has 0 heterocycles. The second-order valence-corrected chi connectivity index (χ2v) is 4.27. The standard InChI is InChI=1S/C11H22N2/c1-6-10(3)13(7-2)9-11(4,5)8-12/h1,10H,7-9,12H2,2-5H3. The molecule has 0 amide bonds. The Morgan fingerprint density at radius 3 is 2.38 bits per heavy atom. The molecular formula is C11H22N2. The van der Waals surface area contributed by atoms with Crippen LogP contribution < -0.4 is 5.73 Å². The average molecular weight is 182 g/mol. The van der Waals surface area contributed by atoms with E-state index in [9.17, 15) is 0 Å². The zero-order valence-electron chi connectivity index (χ0n) is 9.30. The largest absolute Gasteiger partial charge is 0.330 e. The quantitative estimate of drug-likeness (QED) is 0.650. The van der Waals surface area contributed by atoms with E-state index in [2.05, 4.69) is 38.5 Å². The van der Waals surface area contributed by atoms with Gasteiger partial charge in [-0.25, -0.2) is 0 Å². The lowest BCUT2D eigenvalue weighted by atomic mass is 9.92. The van der Waals surface area contributed by atoms with Crippen LogP contribution >= 0.6 is 0 Å². The van der Waals surface area contributed by atoms with Crippen LogP contribution in [0.15, 0.2) is 0 Å². The molecule has 1 atom stereocenters. The van der Waals surface area contributed by atoms with Crippen LogP contribution in [0.25, 0.3) is 0 Å². The minimum Gasteiger partial charge on any atom is -0.330 e. The lowest BCUT2D eigenvalue weighted by molar-refractivity contribution is 0.172. The molecule has 76 valence electrons. The molecule has 0 aromatic carbocycles. The van der Waals surface area contributed by atoms with Crippen LogP contribution in [0, 0.1) is 17.8 Å². The fourth-order valence-corrected chi connectivity index (χ4v) is 1.24. The van der Waals surface area contributed by atoms with Crippen LogP contribution in [0.2, 0.25) is 0 Å². The summed E-state index contributed by atoms with van der Waals surface area (Å²) in [7, 11) is 0. The fourth-order valence-electron chi connectivity index (χ4n) is 1.24. The molecule has 0 bridgehead atoms. The van der Waals surface area contributed by atoms with E-state index in [1.165, 1.54) is 0 Å². The molecule has 1 unspecified atom stereocenters. The summed E-state index contributed by atoms with van der Waals surface area (Å²) >= 11 is 0. The third-order valence-electron chi connectivity index (χ3n) is 2.38. The van der Waals surface area contributed by atoms with Gasteiger partial charge in [0.05, 0.1) is 6.04 Å². The van der Waals surface area contributed by atoms with Crippen molar-refractivity contribution in [2.75, 3.05) is 19.6 Å². The Morgan fingerprint density at radius 2 is 2.08 bits per heavy atom. The van der Waals surface area contributed by atoms with Crippen LogP contribution in [0.1, 0.15) is 27.7 Å². The monoisotopic (exact) mass is 182 g/mol. The van der Waals surface area contributed by atoms with Crippen molar-refractivity contribution in [3.63, 3.8) is 0 Å². The van der Waals surface area contributed by atoms with Crippen LogP contribution in [-0.2, 0) is 0 Å². The zero-order chi connectivity index (χ0) is 10.5. The minimum atomic E-state index is 0.154. The van der Waals surface area contributed by atoms with E-state index < -0.39 is 0 Å². The number of terminal acetylenes is 1. The summed E-state index contributed by atoms with van der Waals surface area (Å²) in [6, 6.07) is 0.204. The van der Waals surface area contributed by atoms with Gasteiger partial charge in [0, 0.05) is 6.54 Å². The molecular weight excluding hydrogens is 160 g/mol. The van der Waals surface area contributed by atoms with E-state index in [4.69, 9.17) is 12.2 Å². The molecule has 13 heavy (non-hydrogen) atoms. The average Bonchev–Trinajstić information content (AvgIpc) is 2.13. The van der Waals surface area contributed by atoms with Crippen molar-refractivity contribution in [2.24, 2.45) is 11.1 Å². The maximum atomic E-state index is 5.67. The smallest absolute Gasteiger partial charge is 0.0683 e. The molecule has 2 N–H and O–H groups in total. The first-order valence-corrected chi connectivity index (χ1v) is 4.87. The van der Waals surface area contributed by atoms with Crippen LogP contribution in [0.4, 0.5) is 0 Å². The van der Waals surface area contributed by atoms with E-state index in [0.29, 0.717) is 6.54 Å². The van der Waals surface area contributed by atoms with Gasteiger partial charge in [-0.2, -0.15) is 0 Å². The van der Waals surface area contributed by atoms with Crippen molar-refractivity contribution in [3.05, 3.63) is 0 Å². The molecule has 0 aliphatic carbocycles. The summed E-state index contributed by atoms with van der Waals surface area (Å²) in [5.74, 6) is 2.75. The second-order valence-electron chi connectivity index (χ2n) is 4.27. The van der Waals surface area contributed by atoms with Gasteiger partial charge >= 0.3 is 0 Å². The Bertz CT molecular complexity index is 179. The van der Waals surface area contributed by atoms with Gasteiger partial charge in [0.15, 0.2) is 0 Å². The number of hydrogen-bond acceptors (Lipinski definition) is 2. The topological polar surface area (TPSA) is 29.3 Å². The minimum absolute atomic E-state index is 0.154. The molecule has 0 fully saturated rings. The lowest BCUT2D eigenvalue weighted by Gasteiger charge is -2.33. The molecule has 0 aliphatic heterocycles. The van der Waals surface area contributed by atoms with Gasteiger partial charge in [0.2, 0.25) is 0 Å². The molecule has 0 aliphatic rings. The number of nitrogens with zero attached hydrogens (tertiary/aromatic N) is 1. The van der Waals surface area contributed by atoms with Crippen molar-refractivity contribution < 1.29 is 0 Å². The van der Waals surface area contributed by atoms with E-state index in [0.717, 1.165) is 13.1 Å². The molecule has 0 aromatic heterocycles. The van der Waals surface area contributed by atoms with Gasteiger partial charge in [-0.1, -0.05) is 26.7 Å². The summed E-state index contributed by atoms with van der Waals surface area (Å²) in [5, 5.41) is 0. The third-order valence-corrected chi connectivity index (χ3v) is 2.38. The predicted molar refractivity (Wildman–Crippen MR) is 58.4 cm³/mol. The first-order valence-electron chi connectivity index (χ1n) is 4.87. The first kappa shape index (κ1) is 12.5. The SMILES string of the molecule is C#CC(C)N(CC)CC(C)(C)CN.